The molecule has 2 rings (SSSR count). The van der Waals surface area contributed by atoms with Gasteiger partial charge in [0.25, 0.3) is 0 Å². The monoisotopic (exact) mass is 200 g/mol. The normalized spacial score (nSPS) is 10.3. The van der Waals surface area contributed by atoms with Crippen LogP contribution in [0.25, 0.3) is 0 Å². The van der Waals surface area contributed by atoms with Crippen LogP contribution in [0.4, 0.5) is 0 Å². The fourth-order valence-electron chi connectivity index (χ4n) is 1.67. The van der Waals surface area contributed by atoms with Crippen molar-refractivity contribution in [2.75, 3.05) is 0 Å². The molecule has 0 N–H and O–H groups in total. The van der Waals surface area contributed by atoms with Crippen LogP contribution < -0.4 is 9.13 Å². The molecule has 15 heavy (non-hydrogen) atoms. The number of pyridine rings is 2. The number of aryl methyl sites for hydroxylation is 2. The molecule has 76 valence electrons. The summed E-state index contributed by atoms with van der Waals surface area (Å²) >= 11 is 0. The molecule has 0 atom stereocenters. The summed E-state index contributed by atoms with van der Waals surface area (Å²) in [5, 5.41) is 0. The van der Waals surface area contributed by atoms with Gasteiger partial charge in [0.15, 0.2) is 24.8 Å². The highest BCUT2D eigenvalue weighted by Gasteiger charge is 2.06. The molecule has 2 heterocycles. The second-order valence-electron chi connectivity index (χ2n) is 3.93. The number of hydrogen-bond acceptors (Lipinski definition) is 0. The topological polar surface area (TPSA) is 7.76 Å². The lowest BCUT2D eigenvalue weighted by atomic mass is 10.3. The third-order valence-corrected chi connectivity index (χ3v) is 2.34. The Morgan fingerprint density at radius 2 is 1.33 bits per heavy atom. The highest BCUT2D eigenvalue weighted by molar-refractivity contribution is 5.02. The fourth-order valence-corrected chi connectivity index (χ4v) is 1.67. The van der Waals surface area contributed by atoms with Crippen molar-refractivity contribution in [3.8, 4) is 0 Å². The van der Waals surface area contributed by atoms with Crippen molar-refractivity contribution in [2.24, 2.45) is 0 Å². The number of hydrogen-bond donors (Lipinski definition) is 0. The molecule has 0 spiro atoms. The fraction of sp³-hybridized carbons (Fsp3) is 0.231. The zero-order chi connectivity index (χ0) is 10.7. The zero-order valence-corrected chi connectivity index (χ0v) is 9.22. The highest BCUT2D eigenvalue weighted by atomic mass is 15.1. The Kier molecular flexibility index (Phi) is 2.77. The van der Waals surface area contributed by atoms with Crippen LogP contribution in [0, 0.1) is 13.8 Å². The van der Waals surface area contributed by atoms with E-state index in [-0.39, 0.29) is 0 Å². The van der Waals surface area contributed by atoms with Crippen molar-refractivity contribution in [2.45, 2.75) is 20.5 Å². The van der Waals surface area contributed by atoms with Crippen LogP contribution in [-0.4, -0.2) is 0 Å². The molecule has 2 aromatic heterocycles. The maximum absolute atomic E-state index is 2.18. The summed E-state index contributed by atoms with van der Waals surface area (Å²) in [6, 6.07) is 8.37. The first kappa shape index (κ1) is 9.84. The van der Waals surface area contributed by atoms with E-state index in [2.05, 4.69) is 72.0 Å². The Bertz CT molecular complexity index is 420. The van der Waals surface area contributed by atoms with Gasteiger partial charge in [-0.25, -0.2) is 0 Å². The molecule has 0 amide bonds. The molecular weight excluding hydrogens is 184 g/mol. The van der Waals surface area contributed by atoms with E-state index in [1.165, 1.54) is 11.1 Å². The van der Waals surface area contributed by atoms with E-state index in [9.17, 15) is 0 Å². The molecule has 0 aliphatic carbocycles. The molecule has 0 aliphatic heterocycles. The number of nitrogens with zero attached hydrogens (tertiary/aromatic N) is 2. The van der Waals surface area contributed by atoms with E-state index in [0.717, 1.165) is 6.67 Å². The lowest BCUT2D eigenvalue weighted by molar-refractivity contribution is -0.913. The second-order valence-corrected chi connectivity index (χ2v) is 3.93. The Hall–Kier alpha value is -1.70. The van der Waals surface area contributed by atoms with E-state index in [1.807, 2.05) is 0 Å². The van der Waals surface area contributed by atoms with Crippen molar-refractivity contribution in [3.05, 3.63) is 60.2 Å². The van der Waals surface area contributed by atoms with Gasteiger partial charge in [0.2, 0.25) is 0 Å². The van der Waals surface area contributed by atoms with Gasteiger partial charge >= 0.3 is 6.67 Å². The van der Waals surface area contributed by atoms with Gasteiger partial charge in [0.05, 0.1) is 0 Å². The molecule has 0 saturated heterocycles. The third-order valence-electron chi connectivity index (χ3n) is 2.34. The van der Waals surface area contributed by atoms with Crippen LogP contribution in [0.2, 0.25) is 0 Å². The predicted octanol–water partition coefficient (Wildman–Crippen LogP) is 1.38. The first-order valence-electron chi connectivity index (χ1n) is 5.15. The minimum absolute atomic E-state index is 0.864. The summed E-state index contributed by atoms with van der Waals surface area (Å²) in [6.07, 6.45) is 8.47. The van der Waals surface area contributed by atoms with Gasteiger partial charge in [0, 0.05) is 23.3 Å². The Morgan fingerprint density at radius 3 is 1.73 bits per heavy atom. The Balaban J connectivity index is 2.22. The van der Waals surface area contributed by atoms with Crippen LogP contribution in [-0.2, 0) is 6.67 Å². The molecule has 0 unspecified atom stereocenters. The summed E-state index contributed by atoms with van der Waals surface area (Å²) in [4.78, 5) is 0. The van der Waals surface area contributed by atoms with E-state index < -0.39 is 0 Å². The SMILES string of the molecule is Cc1ccc[n+](C[n+]2cccc(C)c2)c1. The van der Waals surface area contributed by atoms with Gasteiger partial charge < -0.3 is 0 Å². The summed E-state index contributed by atoms with van der Waals surface area (Å²) in [7, 11) is 0. The minimum atomic E-state index is 0.864. The first-order valence-corrected chi connectivity index (χ1v) is 5.15. The van der Waals surface area contributed by atoms with Crippen molar-refractivity contribution < 1.29 is 9.13 Å². The maximum atomic E-state index is 2.18. The van der Waals surface area contributed by atoms with Crippen LogP contribution in [0.5, 0.6) is 0 Å². The molecule has 0 aromatic carbocycles. The molecule has 0 radical (unpaired) electrons. The van der Waals surface area contributed by atoms with Crippen LogP contribution in [0.15, 0.2) is 49.1 Å². The van der Waals surface area contributed by atoms with Crippen LogP contribution >= 0.6 is 0 Å². The van der Waals surface area contributed by atoms with Gasteiger partial charge in [-0.2, -0.15) is 0 Å². The Morgan fingerprint density at radius 1 is 0.867 bits per heavy atom. The van der Waals surface area contributed by atoms with Gasteiger partial charge in [-0.1, -0.05) is 0 Å². The standard InChI is InChI=1S/C13H16N2/c1-12-5-3-7-14(9-12)11-15-8-4-6-13(2)10-15/h3-10H,11H2,1-2H3/q+2. The molecule has 0 fully saturated rings. The lowest BCUT2D eigenvalue weighted by Gasteiger charge is -1.95. The molecule has 0 bridgehead atoms. The molecule has 2 nitrogen and oxygen atoms in total. The maximum Gasteiger partial charge on any atom is 0.343 e. The quantitative estimate of drug-likeness (QED) is 0.647. The van der Waals surface area contributed by atoms with E-state index in [4.69, 9.17) is 0 Å². The third kappa shape index (κ3) is 2.62. The van der Waals surface area contributed by atoms with E-state index in [1.54, 1.807) is 0 Å². The summed E-state index contributed by atoms with van der Waals surface area (Å²) in [5.74, 6) is 0. The van der Waals surface area contributed by atoms with Crippen LogP contribution in [0.3, 0.4) is 0 Å². The van der Waals surface area contributed by atoms with Gasteiger partial charge in [-0.05, 0) is 26.0 Å². The average Bonchev–Trinajstić information content (AvgIpc) is 2.17. The molecule has 2 heteroatoms. The minimum Gasteiger partial charge on any atom is -0.146 e. The van der Waals surface area contributed by atoms with Gasteiger partial charge in [-0.15, -0.1) is 9.13 Å². The lowest BCUT2D eigenvalue weighted by Crippen LogP contribution is -2.51. The zero-order valence-electron chi connectivity index (χ0n) is 9.22. The molecular formula is C13H16N2+2. The number of rotatable bonds is 2. The van der Waals surface area contributed by atoms with Gasteiger partial charge in [0.1, 0.15) is 0 Å². The summed E-state index contributed by atoms with van der Waals surface area (Å²) in [5.41, 5.74) is 2.57. The van der Waals surface area contributed by atoms with E-state index >= 15 is 0 Å². The molecule has 0 saturated carbocycles. The summed E-state index contributed by atoms with van der Waals surface area (Å²) in [6.45, 7) is 5.08. The average molecular weight is 200 g/mol. The van der Waals surface area contributed by atoms with Crippen molar-refractivity contribution in [1.29, 1.82) is 0 Å². The number of aromatic nitrogens is 2. The largest absolute Gasteiger partial charge is 0.343 e. The van der Waals surface area contributed by atoms with Crippen molar-refractivity contribution in [1.82, 2.24) is 0 Å². The van der Waals surface area contributed by atoms with Gasteiger partial charge in [-0.3, -0.25) is 0 Å². The smallest absolute Gasteiger partial charge is 0.146 e. The van der Waals surface area contributed by atoms with Crippen molar-refractivity contribution >= 4 is 0 Å². The van der Waals surface area contributed by atoms with E-state index in [0.29, 0.717) is 0 Å². The van der Waals surface area contributed by atoms with Crippen molar-refractivity contribution in [3.63, 3.8) is 0 Å². The predicted molar refractivity (Wildman–Crippen MR) is 58.1 cm³/mol. The highest BCUT2D eigenvalue weighted by Crippen LogP contribution is 1.90. The Labute approximate surface area is 90.4 Å². The van der Waals surface area contributed by atoms with Crippen LogP contribution in [0.1, 0.15) is 11.1 Å². The first-order chi connectivity index (χ1) is 7.24. The molecule has 0 aliphatic rings. The summed E-state index contributed by atoms with van der Waals surface area (Å²) < 4.78 is 4.35. The second kappa shape index (κ2) is 4.22. The molecule has 2 aromatic rings.